The highest BCUT2D eigenvalue weighted by Gasteiger charge is 2.05. The van der Waals surface area contributed by atoms with E-state index in [-0.39, 0.29) is 12.4 Å². The van der Waals surface area contributed by atoms with Crippen LogP contribution in [0.25, 0.3) is 0 Å². The zero-order chi connectivity index (χ0) is 11.0. The van der Waals surface area contributed by atoms with E-state index in [2.05, 4.69) is 0 Å². The van der Waals surface area contributed by atoms with Gasteiger partial charge < -0.3 is 4.74 Å². The maximum atomic E-state index is 11.2. The molecule has 0 aromatic rings. The lowest BCUT2D eigenvalue weighted by Crippen LogP contribution is -2.12. The number of hydrogen-bond acceptors (Lipinski definition) is 3. The molecule has 0 aliphatic heterocycles. The third-order valence-corrected chi connectivity index (χ3v) is 1.71. The average molecular weight is 196 g/mol. The molecule has 0 aromatic carbocycles. The van der Waals surface area contributed by atoms with Crippen molar-refractivity contribution in [3.63, 3.8) is 0 Å². The summed E-state index contributed by atoms with van der Waals surface area (Å²) in [5.74, 6) is -0.630. The topological polar surface area (TPSA) is 43.4 Å². The van der Waals surface area contributed by atoms with Crippen LogP contribution in [-0.4, -0.2) is 18.4 Å². The van der Waals surface area contributed by atoms with Gasteiger partial charge in [0.05, 0.1) is 0 Å². The van der Waals surface area contributed by atoms with E-state index in [1.54, 1.807) is 26.0 Å². The van der Waals surface area contributed by atoms with Crippen LogP contribution in [0.5, 0.6) is 0 Å². The standard InChI is InChI=1S/C11H16O3/c1-4-6-7-11(13)14-8-10(12)9(3)5-2/h5-7H,4,8H2,1-3H3/b7-6+,9-5+. The van der Waals surface area contributed by atoms with Crippen LogP contribution >= 0.6 is 0 Å². The minimum Gasteiger partial charge on any atom is -0.454 e. The molecular formula is C11H16O3. The van der Waals surface area contributed by atoms with Crippen molar-refractivity contribution < 1.29 is 14.3 Å². The fourth-order valence-electron chi connectivity index (χ4n) is 0.674. The van der Waals surface area contributed by atoms with Crippen LogP contribution in [0.3, 0.4) is 0 Å². The molecule has 0 bridgehead atoms. The van der Waals surface area contributed by atoms with Crippen LogP contribution in [0.1, 0.15) is 27.2 Å². The van der Waals surface area contributed by atoms with Gasteiger partial charge in [0.1, 0.15) is 0 Å². The van der Waals surface area contributed by atoms with Gasteiger partial charge in [0.25, 0.3) is 0 Å². The van der Waals surface area contributed by atoms with Gasteiger partial charge in [-0.3, -0.25) is 4.79 Å². The van der Waals surface area contributed by atoms with Gasteiger partial charge >= 0.3 is 5.97 Å². The summed E-state index contributed by atoms with van der Waals surface area (Å²) in [5.41, 5.74) is 0.609. The molecule has 0 N–H and O–H groups in total. The Morgan fingerprint density at radius 2 is 2.00 bits per heavy atom. The van der Waals surface area contributed by atoms with Crippen LogP contribution in [-0.2, 0) is 14.3 Å². The molecule has 0 saturated carbocycles. The highest BCUT2D eigenvalue weighted by atomic mass is 16.5. The minimum atomic E-state index is -0.468. The van der Waals surface area contributed by atoms with E-state index in [9.17, 15) is 9.59 Å². The van der Waals surface area contributed by atoms with Crippen LogP contribution in [0.15, 0.2) is 23.8 Å². The zero-order valence-corrected chi connectivity index (χ0v) is 8.87. The third-order valence-electron chi connectivity index (χ3n) is 1.71. The molecule has 0 atom stereocenters. The third kappa shape index (κ3) is 5.30. The van der Waals surface area contributed by atoms with E-state index in [0.29, 0.717) is 5.57 Å². The monoisotopic (exact) mass is 196 g/mol. The molecule has 0 rings (SSSR count). The van der Waals surface area contributed by atoms with Crippen LogP contribution in [0.4, 0.5) is 0 Å². The molecule has 0 aliphatic carbocycles. The molecular weight excluding hydrogens is 180 g/mol. The van der Waals surface area contributed by atoms with Gasteiger partial charge in [0, 0.05) is 6.08 Å². The molecule has 0 unspecified atom stereocenters. The quantitative estimate of drug-likeness (QED) is 0.499. The Bertz CT molecular complexity index is 262. The van der Waals surface area contributed by atoms with Crippen LogP contribution in [0.2, 0.25) is 0 Å². The van der Waals surface area contributed by atoms with E-state index in [0.717, 1.165) is 6.42 Å². The molecule has 78 valence electrons. The SMILES string of the molecule is C/C=C(\C)C(=O)COC(=O)/C=C/CC. The molecule has 0 fully saturated rings. The molecule has 0 aliphatic rings. The summed E-state index contributed by atoms with van der Waals surface area (Å²) in [6.07, 6.45) is 5.49. The molecule has 0 heterocycles. The Balaban J connectivity index is 3.89. The summed E-state index contributed by atoms with van der Waals surface area (Å²) in [6, 6.07) is 0. The lowest BCUT2D eigenvalue weighted by atomic mass is 10.2. The van der Waals surface area contributed by atoms with Gasteiger partial charge in [0.2, 0.25) is 0 Å². The summed E-state index contributed by atoms with van der Waals surface area (Å²) < 4.78 is 4.71. The Kier molecular flexibility index (Phi) is 6.37. The predicted molar refractivity (Wildman–Crippen MR) is 54.8 cm³/mol. The largest absolute Gasteiger partial charge is 0.454 e. The lowest BCUT2D eigenvalue weighted by molar-refractivity contribution is -0.142. The smallest absolute Gasteiger partial charge is 0.330 e. The second kappa shape index (κ2) is 7.06. The van der Waals surface area contributed by atoms with E-state index >= 15 is 0 Å². The summed E-state index contributed by atoms with van der Waals surface area (Å²) in [5, 5.41) is 0. The van der Waals surface area contributed by atoms with Gasteiger partial charge in [0.15, 0.2) is 12.4 Å². The van der Waals surface area contributed by atoms with E-state index in [4.69, 9.17) is 4.74 Å². The number of ether oxygens (including phenoxy) is 1. The summed E-state index contributed by atoms with van der Waals surface area (Å²) in [7, 11) is 0. The van der Waals surface area contributed by atoms with Gasteiger partial charge in [-0.1, -0.05) is 19.1 Å². The van der Waals surface area contributed by atoms with Crippen molar-refractivity contribution in [1.29, 1.82) is 0 Å². The van der Waals surface area contributed by atoms with E-state index in [1.165, 1.54) is 6.08 Å². The van der Waals surface area contributed by atoms with Crippen molar-refractivity contribution in [3.05, 3.63) is 23.8 Å². The van der Waals surface area contributed by atoms with Crippen LogP contribution in [0, 0.1) is 0 Å². The second-order valence-electron chi connectivity index (χ2n) is 2.81. The molecule has 3 heteroatoms. The fraction of sp³-hybridized carbons (Fsp3) is 0.455. The Morgan fingerprint density at radius 1 is 1.36 bits per heavy atom. The number of esters is 1. The van der Waals surface area contributed by atoms with Crippen molar-refractivity contribution in [2.24, 2.45) is 0 Å². The van der Waals surface area contributed by atoms with Crippen molar-refractivity contribution >= 4 is 11.8 Å². The number of carbonyl (C=O) groups is 2. The van der Waals surface area contributed by atoms with Crippen LogP contribution < -0.4 is 0 Å². The number of allylic oxidation sites excluding steroid dienone is 2. The number of carbonyl (C=O) groups excluding carboxylic acids is 2. The molecule has 14 heavy (non-hydrogen) atoms. The first kappa shape index (κ1) is 12.6. The highest BCUT2D eigenvalue weighted by molar-refractivity contribution is 5.97. The van der Waals surface area contributed by atoms with Gasteiger partial charge in [-0.15, -0.1) is 0 Å². The number of rotatable bonds is 5. The van der Waals surface area contributed by atoms with Crippen molar-refractivity contribution in [1.82, 2.24) is 0 Å². The molecule has 0 radical (unpaired) electrons. The molecule has 3 nitrogen and oxygen atoms in total. The number of ketones is 1. The molecule has 0 spiro atoms. The summed E-state index contributed by atoms with van der Waals surface area (Å²) in [6.45, 7) is 5.20. The number of Topliss-reactive ketones (excluding diaryl/α,β-unsaturated/α-hetero) is 1. The Morgan fingerprint density at radius 3 is 2.50 bits per heavy atom. The van der Waals surface area contributed by atoms with Crippen molar-refractivity contribution in [2.45, 2.75) is 27.2 Å². The predicted octanol–water partition coefficient (Wildman–Crippen LogP) is 2.03. The lowest BCUT2D eigenvalue weighted by Gasteiger charge is -2.00. The van der Waals surface area contributed by atoms with Gasteiger partial charge in [-0.05, 0) is 25.8 Å². The summed E-state index contributed by atoms with van der Waals surface area (Å²) >= 11 is 0. The molecule has 0 saturated heterocycles. The summed E-state index contributed by atoms with van der Waals surface area (Å²) in [4.78, 5) is 22.1. The van der Waals surface area contributed by atoms with Gasteiger partial charge in [-0.25, -0.2) is 4.79 Å². The zero-order valence-electron chi connectivity index (χ0n) is 8.87. The molecule has 0 aromatic heterocycles. The average Bonchev–Trinajstić information content (AvgIpc) is 2.21. The Labute approximate surface area is 84.4 Å². The number of hydrogen-bond donors (Lipinski definition) is 0. The highest BCUT2D eigenvalue weighted by Crippen LogP contribution is 1.95. The molecule has 0 amide bonds. The van der Waals surface area contributed by atoms with Crippen molar-refractivity contribution in [2.75, 3.05) is 6.61 Å². The first-order chi connectivity index (χ1) is 6.61. The maximum Gasteiger partial charge on any atom is 0.330 e. The minimum absolute atomic E-state index is 0.161. The van der Waals surface area contributed by atoms with E-state index in [1.807, 2.05) is 6.92 Å². The van der Waals surface area contributed by atoms with E-state index < -0.39 is 5.97 Å². The first-order valence-corrected chi connectivity index (χ1v) is 4.61. The fourth-order valence-corrected chi connectivity index (χ4v) is 0.674. The first-order valence-electron chi connectivity index (χ1n) is 4.61. The Hall–Kier alpha value is -1.38. The second-order valence-corrected chi connectivity index (χ2v) is 2.81. The maximum absolute atomic E-state index is 11.2. The van der Waals surface area contributed by atoms with Crippen molar-refractivity contribution in [3.8, 4) is 0 Å². The van der Waals surface area contributed by atoms with Gasteiger partial charge in [-0.2, -0.15) is 0 Å². The normalized spacial score (nSPS) is 11.8.